The van der Waals surface area contributed by atoms with E-state index in [2.05, 4.69) is 11.4 Å². The summed E-state index contributed by atoms with van der Waals surface area (Å²) >= 11 is 0. The predicted octanol–water partition coefficient (Wildman–Crippen LogP) is 3.82. The highest BCUT2D eigenvalue weighted by Gasteiger charge is 2.52. The van der Waals surface area contributed by atoms with Crippen LogP contribution in [-0.4, -0.2) is 30.0 Å². The second kappa shape index (κ2) is 6.27. The summed E-state index contributed by atoms with van der Waals surface area (Å²) in [5.41, 5.74) is 2.74. The van der Waals surface area contributed by atoms with Gasteiger partial charge in [0, 0.05) is 11.2 Å². The van der Waals surface area contributed by atoms with Crippen LogP contribution in [-0.2, 0) is 26.9 Å². The van der Waals surface area contributed by atoms with E-state index in [0.29, 0.717) is 5.69 Å². The highest BCUT2D eigenvalue weighted by Crippen LogP contribution is 2.37. The lowest BCUT2D eigenvalue weighted by Gasteiger charge is -2.32. The van der Waals surface area contributed by atoms with Gasteiger partial charge in [-0.05, 0) is 84.9 Å². The minimum Gasteiger partial charge on any atom is -0.444 e. The maximum atomic E-state index is 12.3. The molecule has 0 atom stereocenters. The summed E-state index contributed by atoms with van der Waals surface area (Å²) in [4.78, 5) is 12.3. The van der Waals surface area contributed by atoms with Gasteiger partial charge in [0.15, 0.2) is 0 Å². The normalized spacial score (nSPS) is 20.8. The molecule has 1 aromatic carbocycles. The molecule has 1 amide bonds. The number of ether oxygens (including phenoxy) is 1. The van der Waals surface area contributed by atoms with Crippen LogP contribution >= 0.6 is 0 Å². The van der Waals surface area contributed by atoms with E-state index >= 15 is 0 Å². The predicted molar refractivity (Wildman–Crippen MR) is 104 cm³/mol. The van der Waals surface area contributed by atoms with Gasteiger partial charge in [0.05, 0.1) is 11.2 Å². The molecule has 2 aliphatic rings. The van der Waals surface area contributed by atoms with Crippen LogP contribution in [0.1, 0.15) is 66.0 Å². The molecular weight excluding hydrogens is 329 g/mol. The summed E-state index contributed by atoms with van der Waals surface area (Å²) < 4.78 is 17.9. The number of hydrogen-bond acceptors (Lipinski definition) is 4. The fraction of sp³-hybridized carbons (Fsp3) is 0.650. The van der Waals surface area contributed by atoms with Crippen LogP contribution in [0.25, 0.3) is 0 Å². The first-order valence-corrected chi connectivity index (χ1v) is 9.39. The van der Waals surface area contributed by atoms with Gasteiger partial charge in [-0.2, -0.15) is 0 Å². The highest BCUT2D eigenvalue weighted by molar-refractivity contribution is 6.64. The number of benzene rings is 1. The second-order valence-corrected chi connectivity index (χ2v) is 9.28. The largest absolute Gasteiger partial charge is 0.496 e. The number of fused-ring (bicyclic) bond motifs is 1. The third kappa shape index (κ3) is 3.76. The van der Waals surface area contributed by atoms with Crippen LogP contribution in [0.3, 0.4) is 0 Å². The lowest BCUT2D eigenvalue weighted by Crippen LogP contribution is -2.41. The van der Waals surface area contributed by atoms with Crippen molar-refractivity contribution in [3.63, 3.8) is 0 Å². The van der Waals surface area contributed by atoms with Crippen molar-refractivity contribution in [2.45, 2.75) is 84.5 Å². The average molecular weight is 359 g/mol. The molecule has 0 bridgehead atoms. The monoisotopic (exact) mass is 359 g/mol. The van der Waals surface area contributed by atoms with Gasteiger partial charge in [0.2, 0.25) is 0 Å². The van der Waals surface area contributed by atoms with E-state index in [1.165, 1.54) is 11.1 Å². The SMILES string of the molecule is CC(C)(C)OC(=O)Nc1cc2c(cc1B1OC(C)(C)C(C)(C)O1)CCC2. The van der Waals surface area contributed by atoms with Gasteiger partial charge in [-0.15, -0.1) is 0 Å². The molecule has 0 radical (unpaired) electrons. The third-order valence-electron chi connectivity index (χ3n) is 5.41. The van der Waals surface area contributed by atoms with Crippen LogP contribution in [0.2, 0.25) is 0 Å². The Balaban J connectivity index is 1.93. The smallest absolute Gasteiger partial charge is 0.444 e. The van der Waals surface area contributed by atoms with E-state index in [9.17, 15) is 4.79 Å². The zero-order valence-corrected chi connectivity index (χ0v) is 17.0. The number of rotatable bonds is 2. The van der Waals surface area contributed by atoms with Crippen molar-refractivity contribution in [3.8, 4) is 0 Å². The van der Waals surface area contributed by atoms with E-state index in [-0.39, 0.29) is 0 Å². The Bertz CT molecular complexity index is 705. The van der Waals surface area contributed by atoms with E-state index < -0.39 is 30.0 Å². The molecule has 1 aliphatic carbocycles. The van der Waals surface area contributed by atoms with Crippen molar-refractivity contribution in [1.82, 2.24) is 0 Å². The van der Waals surface area contributed by atoms with E-state index in [4.69, 9.17) is 14.0 Å². The van der Waals surface area contributed by atoms with E-state index in [0.717, 1.165) is 24.7 Å². The molecule has 1 saturated heterocycles. The van der Waals surface area contributed by atoms with Gasteiger partial charge in [0.25, 0.3) is 0 Å². The van der Waals surface area contributed by atoms with Crippen LogP contribution < -0.4 is 10.8 Å². The van der Waals surface area contributed by atoms with Gasteiger partial charge in [-0.25, -0.2) is 4.79 Å². The number of amides is 1. The van der Waals surface area contributed by atoms with Crippen molar-refractivity contribution in [2.75, 3.05) is 5.32 Å². The zero-order chi connectivity index (χ0) is 19.3. The molecule has 1 aliphatic heterocycles. The van der Waals surface area contributed by atoms with Crippen molar-refractivity contribution in [1.29, 1.82) is 0 Å². The topological polar surface area (TPSA) is 56.8 Å². The molecule has 142 valence electrons. The molecule has 26 heavy (non-hydrogen) atoms. The Kier molecular flexibility index (Phi) is 4.64. The average Bonchev–Trinajstić information content (AvgIpc) is 2.97. The van der Waals surface area contributed by atoms with Crippen molar-refractivity contribution >= 4 is 24.4 Å². The quantitative estimate of drug-likeness (QED) is 0.816. The number of carbonyl (C=O) groups excluding carboxylic acids is 1. The summed E-state index contributed by atoms with van der Waals surface area (Å²) in [6.07, 6.45) is 2.75. The van der Waals surface area contributed by atoms with Crippen molar-refractivity contribution in [3.05, 3.63) is 23.3 Å². The fourth-order valence-corrected chi connectivity index (χ4v) is 3.33. The summed E-state index contributed by atoms with van der Waals surface area (Å²) in [6, 6.07) is 4.17. The van der Waals surface area contributed by atoms with Gasteiger partial charge >= 0.3 is 13.2 Å². The first-order valence-electron chi connectivity index (χ1n) is 9.39. The Morgan fingerprint density at radius 3 is 2.15 bits per heavy atom. The first-order chi connectivity index (χ1) is 11.9. The first kappa shape index (κ1) is 19.2. The Morgan fingerprint density at radius 2 is 1.62 bits per heavy atom. The number of aryl methyl sites for hydroxylation is 2. The number of nitrogens with one attached hydrogen (secondary N) is 1. The maximum Gasteiger partial charge on any atom is 0.496 e. The molecule has 6 heteroatoms. The lowest BCUT2D eigenvalue weighted by molar-refractivity contribution is 0.00578. The molecular formula is C20H30BNO4. The molecule has 1 heterocycles. The summed E-state index contributed by atoms with van der Waals surface area (Å²) in [5.74, 6) is 0. The van der Waals surface area contributed by atoms with Gasteiger partial charge in [-0.1, -0.05) is 6.07 Å². The van der Waals surface area contributed by atoms with Gasteiger partial charge < -0.3 is 14.0 Å². The standard InChI is InChI=1S/C20H30BNO4/c1-18(2,3)24-17(23)22-16-12-14-10-8-9-13(14)11-15(16)21-25-19(4,5)20(6,7)26-21/h11-12H,8-10H2,1-7H3,(H,22,23). The molecule has 1 aromatic rings. The van der Waals surface area contributed by atoms with Gasteiger partial charge in [0.1, 0.15) is 5.60 Å². The maximum absolute atomic E-state index is 12.3. The second-order valence-electron chi connectivity index (χ2n) is 9.28. The minimum atomic E-state index is -0.550. The van der Waals surface area contributed by atoms with Gasteiger partial charge in [-0.3, -0.25) is 5.32 Å². The molecule has 1 N–H and O–H groups in total. The molecule has 3 rings (SSSR count). The highest BCUT2D eigenvalue weighted by atomic mass is 16.7. The Hall–Kier alpha value is -1.53. The zero-order valence-electron chi connectivity index (χ0n) is 17.0. The third-order valence-corrected chi connectivity index (χ3v) is 5.41. The van der Waals surface area contributed by atoms with Crippen molar-refractivity contribution < 1.29 is 18.8 Å². The molecule has 0 saturated carbocycles. The number of anilines is 1. The van der Waals surface area contributed by atoms with Crippen LogP contribution in [0.4, 0.5) is 10.5 Å². The summed E-state index contributed by atoms with van der Waals surface area (Å²) in [5, 5.41) is 2.91. The number of carbonyl (C=O) groups is 1. The molecule has 5 nitrogen and oxygen atoms in total. The molecule has 0 unspecified atom stereocenters. The number of hydrogen-bond donors (Lipinski definition) is 1. The van der Waals surface area contributed by atoms with Crippen molar-refractivity contribution in [2.24, 2.45) is 0 Å². The van der Waals surface area contributed by atoms with Crippen LogP contribution in [0.5, 0.6) is 0 Å². The van der Waals surface area contributed by atoms with Crippen LogP contribution in [0.15, 0.2) is 12.1 Å². The fourth-order valence-electron chi connectivity index (χ4n) is 3.33. The summed E-state index contributed by atoms with van der Waals surface area (Å²) in [7, 11) is -0.518. The minimum absolute atomic E-state index is 0.431. The molecule has 0 spiro atoms. The molecule has 0 aromatic heterocycles. The van der Waals surface area contributed by atoms with E-state index in [1.807, 2.05) is 54.5 Å². The van der Waals surface area contributed by atoms with Crippen LogP contribution in [0, 0.1) is 0 Å². The Morgan fingerprint density at radius 1 is 1.08 bits per heavy atom. The molecule has 1 fully saturated rings. The lowest BCUT2D eigenvalue weighted by atomic mass is 9.76. The summed E-state index contributed by atoms with van der Waals surface area (Å²) in [6.45, 7) is 13.7. The van der Waals surface area contributed by atoms with E-state index in [1.54, 1.807) is 0 Å². The Labute approximate surface area is 156 Å².